The lowest BCUT2D eigenvalue weighted by atomic mass is 10.3. The molecule has 0 spiro atoms. The highest BCUT2D eigenvalue weighted by atomic mass is 32.2. The maximum absolute atomic E-state index is 4.14. The molecule has 0 saturated heterocycles. The number of hydrogen-bond donors (Lipinski definition) is 1. The third-order valence-corrected chi connectivity index (χ3v) is 1.53. The van der Waals surface area contributed by atoms with Crippen molar-refractivity contribution in [1.82, 2.24) is 4.98 Å². The maximum Gasteiger partial charge on any atom is 0.135 e. The van der Waals surface area contributed by atoms with E-state index in [1.54, 1.807) is 11.9 Å². The summed E-state index contributed by atoms with van der Waals surface area (Å²) in [5, 5.41) is 0. The molecule has 0 aromatic carbocycles. The number of hydrogen-bond acceptors (Lipinski definition) is 3. The predicted molar refractivity (Wildman–Crippen MR) is 46.1 cm³/mol. The number of nitrogens with zero attached hydrogens (tertiary/aromatic N) is 1. The van der Waals surface area contributed by atoms with Gasteiger partial charge < -0.3 is 4.72 Å². The Morgan fingerprint density at radius 3 is 2.80 bits per heavy atom. The number of anilines is 1. The Kier molecular flexibility index (Phi) is 2.57. The molecule has 0 aliphatic rings. The SMILES string of the molecule is CSNc1ccc(C)cn1. The third-order valence-electron chi connectivity index (χ3n) is 1.12. The summed E-state index contributed by atoms with van der Waals surface area (Å²) in [5.41, 5.74) is 1.19. The molecule has 0 aliphatic heterocycles. The molecular formula is C7H10N2S. The lowest BCUT2D eigenvalue weighted by molar-refractivity contribution is 1.28. The maximum atomic E-state index is 4.14. The highest BCUT2D eigenvalue weighted by Crippen LogP contribution is 2.06. The first kappa shape index (κ1) is 7.41. The molecule has 0 atom stereocenters. The van der Waals surface area contributed by atoms with Crippen LogP contribution in [0.5, 0.6) is 0 Å². The second kappa shape index (κ2) is 3.46. The number of rotatable bonds is 2. The van der Waals surface area contributed by atoms with E-state index in [1.807, 2.05) is 31.5 Å². The Morgan fingerprint density at radius 2 is 2.30 bits per heavy atom. The monoisotopic (exact) mass is 154 g/mol. The van der Waals surface area contributed by atoms with Gasteiger partial charge >= 0.3 is 0 Å². The van der Waals surface area contributed by atoms with Crippen molar-refractivity contribution in [1.29, 1.82) is 0 Å². The van der Waals surface area contributed by atoms with Crippen molar-refractivity contribution in [3.05, 3.63) is 23.9 Å². The number of nitrogens with one attached hydrogen (secondary N) is 1. The Hall–Kier alpha value is -0.700. The molecule has 1 aromatic rings. The summed E-state index contributed by atoms with van der Waals surface area (Å²) in [7, 11) is 0. The number of aryl methyl sites for hydroxylation is 1. The van der Waals surface area contributed by atoms with E-state index in [1.165, 1.54) is 5.56 Å². The van der Waals surface area contributed by atoms with Crippen LogP contribution in [0.25, 0.3) is 0 Å². The molecule has 0 unspecified atom stereocenters. The highest BCUT2D eigenvalue weighted by molar-refractivity contribution is 7.99. The van der Waals surface area contributed by atoms with Crippen LogP contribution in [0.4, 0.5) is 5.82 Å². The van der Waals surface area contributed by atoms with Crippen LogP contribution >= 0.6 is 11.9 Å². The van der Waals surface area contributed by atoms with Crippen molar-refractivity contribution < 1.29 is 0 Å². The molecule has 0 saturated carbocycles. The molecular weight excluding hydrogens is 144 g/mol. The summed E-state index contributed by atoms with van der Waals surface area (Å²) < 4.78 is 3.04. The Balaban J connectivity index is 2.69. The third kappa shape index (κ3) is 1.92. The summed E-state index contributed by atoms with van der Waals surface area (Å²) in [4.78, 5) is 4.14. The lowest BCUT2D eigenvalue weighted by Gasteiger charge is -1.99. The van der Waals surface area contributed by atoms with Crippen molar-refractivity contribution in [3.8, 4) is 0 Å². The van der Waals surface area contributed by atoms with Gasteiger partial charge in [-0.15, -0.1) is 0 Å². The van der Waals surface area contributed by atoms with Crippen molar-refractivity contribution >= 4 is 17.8 Å². The average Bonchev–Trinajstić information content (AvgIpc) is 1.95. The topological polar surface area (TPSA) is 24.9 Å². The molecule has 1 rings (SSSR count). The molecule has 1 heterocycles. The van der Waals surface area contributed by atoms with Gasteiger partial charge in [-0.25, -0.2) is 4.98 Å². The van der Waals surface area contributed by atoms with Gasteiger partial charge in [0.25, 0.3) is 0 Å². The molecule has 1 aromatic heterocycles. The zero-order valence-electron chi connectivity index (χ0n) is 6.09. The van der Waals surface area contributed by atoms with E-state index < -0.39 is 0 Å². The van der Waals surface area contributed by atoms with Gasteiger partial charge in [0.2, 0.25) is 0 Å². The van der Waals surface area contributed by atoms with Crippen LogP contribution < -0.4 is 4.72 Å². The van der Waals surface area contributed by atoms with Gasteiger partial charge in [-0.05, 0) is 18.6 Å². The number of aromatic nitrogens is 1. The Morgan fingerprint density at radius 1 is 1.50 bits per heavy atom. The van der Waals surface area contributed by atoms with Gasteiger partial charge in [0.1, 0.15) is 5.82 Å². The van der Waals surface area contributed by atoms with E-state index in [4.69, 9.17) is 0 Å². The molecule has 0 bridgehead atoms. The zero-order valence-corrected chi connectivity index (χ0v) is 6.90. The van der Waals surface area contributed by atoms with Crippen LogP contribution in [0.1, 0.15) is 5.56 Å². The van der Waals surface area contributed by atoms with Gasteiger partial charge in [0, 0.05) is 12.5 Å². The summed E-state index contributed by atoms with van der Waals surface area (Å²) >= 11 is 1.55. The summed E-state index contributed by atoms with van der Waals surface area (Å²) in [6, 6.07) is 4.00. The first-order chi connectivity index (χ1) is 4.83. The van der Waals surface area contributed by atoms with E-state index in [-0.39, 0.29) is 0 Å². The van der Waals surface area contributed by atoms with Crippen LogP contribution in [0.15, 0.2) is 18.3 Å². The van der Waals surface area contributed by atoms with Gasteiger partial charge in [-0.1, -0.05) is 18.0 Å². The lowest BCUT2D eigenvalue weighted by Crippen LogP contribution is -1.87. The zero-order chi connectivity index (χ0) is 7.40. The minimum atomic E-state index is 0.915. The van der Waals surface area contributed by atoms with Crippen LogP contribution in [-0.4, -0.2) is 11.2 Å². The van der Waals surface area contributed by atoms with Crippen LogP contribution in [0.2, 0.25) is 0 Å². The first-order valence-corrected chi connectivity index (χ1v) is 4.27. The quantitative estimate of drug-likeness (QED) is 0.660. The smallest absolute Gasteiger partial charge is 0.135 e. The first-order valence-electron chi connectivity index (χ1n) is 3.04. The van der Waals surface area contributed by atoms with E-state index in [0.717, 1.165) is 5.82 Å². The molecule has 2 nitrogen and oxygen atoms in total. The van der Waals surface area contributed by atoms with Gasteiger partial charge in [-0.2, -0.15) is 0 Å². The van der Waals surface area contributed by atoms with Crippen molar-refractivity contribution in [3.63, 3.8) is 0 Å². The fourth-order valence-corrected chi connectivity index (χ4v) is 0.963. The van der Waals surface area contributed by atoms with Gasteiger partial charge in [0.05, 0.1) is 0 Å². The Bertz CT molecular complexity index is 195. The van der Waals surface area contributed by atoms with Gasteiger partial charge in [-0.3, -0.25) is 0 Å². The van der Waals surface area contributed by atoms with Crippen LogP contribution in [-0.2, 0) is 0 Å². The molecule has 1 N–H and O–H groups in total. The highest BCUT2D eigenvalue weighted by Gasteiger charge is 1.88. The molecule has 3 heteroatoms. The van der Waals surface area contributed by atoms with E-state index in [9.17, 15) is 0 Å². The van der Waals surface area contributed by atoms with E-state index in [2.05, 4.69) is 9.71 Å². The molecule has 0 radical (unpaired) electrons. The molecule has 0 amide bonds. The number of pyridine rings is 1. The molecule has 10 heavy (non-hydrogen) atoms. The van der Waals surface area contributed by atoms with Crippen molar-refractivity contribution in [2.24, 2.45) is 0 Å². The summed E-state index contributed by atoms with van der Waals surface area (Å²) in [6.45, 7) is 2.02. The van der Waals surface area contributed by atoms with Crippen molar-refractivity contribution in [2.75, 3.05) is 11.0 Å². The van der Waals surface area contributed by atoms with Crippen molar-refractivity contribution in [2.45, 2.75) is 6.92 Å². The minimum absolute atomic E-state index is 0.915. The average molecular weight is 154 g/mol. The summed E-state index contributed by atoms with van der Waals surface area (Å²) in [6.07, 6.45) is 3.82. The minimum Gasteiger partial charge on any atom is -0.315 e. The normalized spacial score (nSPS) is 9.40. The molecule has 0 fully saturated rings. The van der Waals surface area contributed by atoms with Gasteiger partial charge in [0.15, 0.2) is 0 Å². The van der Waals surface area contributed by atoms with Crippen LogP contribution in [0.3, 0.4) is 0 Å². The molecule has 54 valence electrons. The summed E-state index contributed by atoms with van der Waals surface area (Å²) in [5.74, 6) is 0.915. The fourth-order valence-electron chi connectivity index (χ4n) is 0.633. The van der Waals surface area contributed by atoms with E-state index >= 15 is 0 Å². The Labute approximate surface area is 65.2 Å². The largest absolute Gasteiger partial charge is 0.315 e. The van der Waals surface area contributed by atoms with E-state index in [0.29, 0.717) is 0 Å². The van der Waals surface area contributed by atoms with Crippen LogP contribution in [0, 0.1) is 6.92 Å². The fraction of sp³-hybridized carbons (Fsp3) is 0.286. The second-order valence-electron chi connectivity index (χ2n) is 2.03. The predicted octanol–water partition coefficient (Wildman–Crippen LogP) is 2.08. The second-order valence-corrected chi connectivity index (χ2v) is 2.64. The standard InChI is InChI=1S/C7H10N2S/c1-6-3-4-7(8-5-6)9-10-2/h3-5H,1-2H3,(H,8,9). The molecule has 0 aliphatic carbocycles.